The van der Waals surface area contributed by atoms with E-state index in [1.165, 1.54) is 62.5 Å². The number of benzene rings is 1. The van der Waals surface area contributed by atoms with Crippen LogP contribution >= 0.6 is 0 Å². The number of aliphatic hydroxyl groups is 1. The number of hydrogen-bond acceptors (Lipinski definition) is 3. The molecule has 2 unspecified atom stereocenters. The molecule has 1 heterocycles. The molecule has 3 rings (SSSR count). The quantitative estimate of drug-likeness (QED) is 0.646. The summed E-state index contributed by atoms with van der Waals surface area (Å²) in [5, 5.41) is 9.81. The first-order valence-corrected chi connectivity index (χ1v) is 11.1. The van der Waals surface area contributed by atoms with Crippen LogP contribution in [-0.4, -0.2) is 23.3 Å². The maximum atomic E-state index is 11.6. The molecule has 1 aliphatic carbocycles. The van der Waals surface area contributed by atoms with E-state index in [0.29, 0.717) is 6.42 Å². The number of allylic oxidation sites excluding steroid dienone is 2. The minimum Gasteiger partial charge on any atom is -0.458 e. The van der Waals surface area contributed by atoms with Crippen molar-refractivity contribution in [2.24, 2.45) is 0 Å². The smallest absolute Gasteiger partial charge is 0.309 e. The van der Waals surface area contributed by atoms with E-state index >= 15 is 0 Å². The van der Waals surface area contributed by atoms with Crippen LogP contribution in [0.2, 0.25) is 0 Å². The lowest BCUT2D eigenvalue weighted by atomic mass is 9.92. The zero-order chi connectivity index (χ0) is 19.6. The average molecular weight is 383 g/mol. The fourth-order valence-electron chi connectivity index (χ4n) is 4.22. The SMILES string of the molecule is O=C1CC(O)CC(/C=C/c2ccccc2C2=CCCCCCCCCCC2)O1. The molecule has 0 bridgehead atoms. The second-order valence-corrected chi connectivity index (χ2v) is 8.16. The molecule has 1 fully saturated rings. The predicted octanol–water partition coefficient (Wildman–Crippen LogP) is 6.06. The van der Waals surface area contributed by atoms with Gasteiger partial charge in [0.1, 0.15) is 6.10 Å². The van der Waals surface area contributed by atoms with Crippen molar-refractivity contribution in [3.8, 4) is 0 Å². The number of rotatable bonds is 3. The number of hydrogen-bond donors (Lipinski definition) is 1. The van der Waals surface area contributed by atoms with Gasteiger partial charge in [-0.2, -0.15) is 0 Å². The van der Waals surface area contributed by atoms with E-state index in [1.54, 1.807) is 0 Å². The first-order valence-electron chi connectivity index (χ1n) is 11.1. The maximum Gasteiger partial charge on any atom is 0.309 e. The molecule has 1 N–H and O–H groups in total. The minimum atomic E-state index is -0.597. The molecular weight excluding hydrogens is 348 g/mol. The number of cyclic esters (lactones) is 1. The van der Waals surface area contributed by atoms with E-state index in [1.807, 2.05) is 6.08 Å². The van der Waals surface area contributed by atoms with Gasteiger partial charge in [0.15, 0.2) is 0 Å². The van der Waals surface area contributed by atoms with Gasteiger partial charge in [0.25, 0.3) is 0 Å². The summed E-state index contributed by atoms with van der Waals surface area (Å²) in [6, 6.07) is 8.50. The van der Waals surface area contributed by atoms with Gasteiger partial charge in [-0.25, -0.2) is 0 Å². The Hall–Kier alpha value is -1.87. The third kappa shape index (κ3) is 6.63. The van der Waals surface area contributed by atoms with Crippen molar-refractivity contribution in [2.45, 2.75) is 89.3 Å². The van der Waals surface area contributed by atoms with Gasteiger partial charge >= 0.3 is 5.97 Å². The Labute approximate surface area is 169 Å². The van der Waals surface area contributed by atoms with Crippen molar-refractivity contribution >= 4 is 17.6 Å². The summed E-state index contributed by atoms with van der Waals surface area (Å²) in [6.07, 6.45) is 19.0. The largest absolute Gasteiger partial charge is 0.458 e. The van der Waals surface area contributed by atoms with Gasteiger partial charge in [-0.3, -0.25) is 4.79 Å². The van der Waals surface area contributed by atoms with Crippen LogP contribution in [0, 0.1) is 0 Å². The molecule has 0 radical (unpaired) electrons. The summed E-state index contributed by atoms with van der Waals surface area (Å²) in [5.74, 6) is -0.316. The molecular formula is C25H34O3. The van der Waals surface area contributed by atoms with Crippen molar-refractivity contribution < 1.29 is 14.6 Å². The van der Waals surface area contributed by atoms with E-state index in [0.717, 1.165) is 18.4 Å². The molecule has 152 valence electrons. The summed E-state index contributed by atoms with van der Waals surface area (Å²) >= 11 is 0. The van der Waals surface area contributed by atoms with Crippen LogP contribution in [-0.2, 0) is 9.53 Å². The molecule has 1 aromatic carbocycles. The number of carbonyl (C=O) groups is 1. The molecule has 3 heteroatoms. The summed E-state index contributed by atoms with van der Waals surface area (Å²) in [7, 11) is 0. The van der Waals surface area contributed by atoms with Gasteiger partial charge in [0.05, 0.1) is 12.5 Å². The van der Waals surface area contributed by atoms with Crippen LogP contribution in [0.15, 0.2) is 36.4 Å². The van der Waals surface area contributed by atoms with E-state index in [9.17, 15) is 9.90 Å². The topological polar surface area (TPSA) is 46.5 Å². The number of esters is 1. The Morgan fingerprint density at radius 2 is 1.68 bits per heavy atom. The molecule has 0 spiro atoms. The lowest BCUT2D eigenvalue weighted by Gasteiger charge is -2.23. The molecule has 0 saturated carbocycles. The second kappa shape index (κ2) is 11.2. The first-order chi connectivity index (χ1) is 13.7. The third-order valence-electron chi connectivity index (χ3n) is 5.78. The highest BCUT2D eigenvalue weighted by Gasteiger charge is 2.25. The Bertz CT molecular complexity index is 689. The highest BCUT2D eigenvalue weighted by atomic mass is 16.5. The van der Waals surface area contributed by atoms with Gasteiger partial charge in [-0.1, -0.05) is 74.9 Å². The second-order valence-electron chi connectivity index (χ2n) is 8.16. The van der Waals surface area contributed by atoms with Gasteiger partial charge in [0.2, 0.25) is 0 Å². The molecule has 2 atom stereocenters. The van der Waals surface area contributed by atoms with Gasteiger partial charge in [-0.15, -0.1) is 0 Å². The van der Waals surface area contributed by atoms with E-state index < -0.39 is 6.10 Å². The number of aliphatic hydroxyl groups excluding tert-OH is 1. The van der Waals surface area contributed by atoms with Crippen molar-refractivity contribution in [1.82, 2.24) is 0 Å². The van der Waals surface area contributed by atoms with E-state index in [4.69, 9.17) is 4.74 Å². The lowest BCUT2D eigenvalue weighted by molar-refractivity contribution is -0.156. The van der Waals surface area contributed by atoms with Crippen LogP contribution in [0.25, 0.3) is 11.6 Å². The lowest BCUT2D eigenvalue weighted by Crippen LogP contribution is -2.31. The molecule has 1 aromatic rings. The molecule has 0 aromatic heterocycles. The molecule has 1 aliphatic heterocycles. The third-order valence-corrected chi connectivity index (χ3v) is 5.78. The first kappa shape index (κ1) is 20.9. The van der Waals surface area contributed by atoms with Crippen molar-refractivity contribution in [3.63, 3.8) is 0 Å². The Balaban J connectivity index is 1.75. The van der Waals surface area contributed by atoms with Gasteiger partial charge in [0, 0.05) is 6.42 Å². The molecule has 28 heavy (non-hydrogen) atoms. The molecule has 0 amide bonds. The van der Waals surface area contributed by atoms with Crippen molar-refractivity contribution in [3.05, 3.63) is 47.5 Å². The summed E-state index contributed by atoms with van der Waals surface area (Å²) < 4.78 is 5.36. The Kier molecular flexibility index (Phi) is 8.35. The fraction of sp³-hybridized carbons (Fsp3) is 0.560. The molecule has 1 saturated heterocycles. The Morgan fingerprint density at radius 3 is 2.46 bits per heavy atom. The summed E-state index contributed by atoms with van der Waals surface area (Å²) in [4.78, 5) is 11.6. The molecule has 3 nitrogen and oxygen atoms in total. The standard InChI is InChI=1S/C25H34O3/c26-22-18-23(28-25(27)19-22)17-16-21-14-10-11-15-24(21)20-12-8-6-4-2-1-3-5-7-9-13-20/h10-12,14-17,22-23,26H,1-9,13,18-19H2/b17-16+,20-12?. The molecule has 2 aliphatic rings. The van der Waals surface area contributed by atoms with Gasteiger partial charge < -0.3 is 9.84 Å². The van der Waals surface area contributed by atoms with Crippen LogP contribution in [0.1, 0.15) is 88.2 Å². The zero-order valence-electron chi connectivity index (χ0n) is 16.9. The van der Waals surface area contributed by atoms with Crippen LogP contribution in [0.3, 0.4) is 0 Å². The average Bonchev–Trinajstić information content (AvgIpc) is 2.66. The van der Waals surface area contributed by atoms with Crippen LogP contribution < -0.4 is 0 Å². The summed E-state index contributed by atoms with van der Waals surface area (Å²) in [6.45, 7) is 0. The fourth-order valence-corrected chi connectivity index (χ4v) is 4.22. The van der Waals surface area contributed by atoms with Crippen LogP contribution in [0.4, 0.5) is 0 Å². The predicted molar refractivity (Wildman–Crippen MR) is 115 cm³/mol. The Morgan fingerprint density at radius 1 is 0.964 bits per heavy atom. The normalized spacial score (nSPS) is 25.5. The minimum absolute atomic E-state index is 0.105. The number of carbonyl (C=O) groups excluding carboxylic acids is 1. The van der Waals surface area contributed by atoms with Gasteiger partial charge in [-0.05, 0) is 48.5 Å². The highest BCUT2D eigenvalue weighted by Crippen LogP contribution is 2.28. The maximum absolute atomic E-state index is 11.6. The van der Waals surface area contributed by atoms with E-state index in [2.05, 4.69) is 36.4 Å². The van der Waals surface area contributed by atoms with Crippen LogP contribution in [0.5, 0.6) is 0 Å². The van der Waals surface area contributed by atoms with E-state index in [-0.39, 0.29) is 18.5 Å². The van der Waals surface area contributed by atoms with Crippen molar-refractivity contribution in [1.29, 1.82) is 0 Å². The monoisotopic (exact) mass is 382 g/mol. The summed E-state index contributed by atoms with van der Waals surface area (Å²) in [5.41, 5.74) is 3.90. The highest BCUT2D eigenvalue weighted by molar-refractivity contribution is 5.75. The van der Waals surface area contributed by atoms with Crippen molar-refractivity contribution in [2.75, 3.05) is 0 Å². The zero-order valence-corrected chi connectivity index (χ0v) is 16.9. The number of ether oxygens (including phenoxy) is 1.